The van der Waals surface area contributed by atoms with E-state index in [1.54, 1.807) is 0 Å². The molecule has 0 spiro atoms. The van der Waals surface area contributed by atoms with Gasteiger partial charge in [0.05, 0.1) is 5.72 Å². The maximum Gasteiger partial charge on any atom is 0.226 e. The molecule has 3 nitrogen and oxygen atoms in total. The van der Waals surface area contributed by atoms with E-state index in [4.69, 9.17) is 23.2 Å². The van der Waals surface area contributed by atoms with Crippen LogP contribution in [0.2, 0.25) is 10.6 Å². The Bertz CT molecular complexity index is 239. The summed E-state index contributed by atoms with van der Waals surface area (Å²) in [5, 5.41) is 0.253. The van der Waals surface area contributed by atoms with E-state index in [1.807, 2.05) is 0 Å². The molecule has 0 aliphatic heterocycles. The SMILES string of the molecule is SCBc1nc(Cl)nc(Cl)n1. The van der Waals surface area contributed by atoms with Crippen molar-refractivity contribution in [2.75, 3.05) is 5.65 Å². The van der Waals surface area contributed by atoms with Gasteiger partial charge in [0.2, 0.25) is 17.8 Å². The van der Waals surface area contributed by atoms with Crippen molar-refractivity contribution in [3.63, 3.8) is 0 Å². The summed E-state index contributed by atoms with van der Waals surface area (Å²) in [5.41, 5.74) is 1.24. The Morgan fingerprint density at radius 2 is 1.73 bits per heavy atom. The van der Waals surface area contributed by atoms with Crippen LogP contribution in [0.1, 0.15) is 0 Å². The van der Waals surface area contributed by atoms with Gasteiger partial charge in [0.15, 0.2) is 0 Å². The van der Waals surface area contributed by atoms with Gasteiger partial charge in [-0.2, -0.15) is 17.6 Å². The summed E-state index contributed by atoms with van der Waals surface area (Å²) >= 11 is 15.0. The highest BCUT2D eigenvalue weighted by Crippen LogP contribution is 2.00. The van der Waals surface area contributed by atoms with E-state index in [-0.39, 0.29) is 10.6 Å². The van der Waals surface area contributed by atoms with Gasteiger partial charge in [-0.25, -0.2) is 9.97 Å². The summed E-state index contributed by atoms with van der Waals surface area (Å²) in [6.07, 6.45) is 0. The monoisotopic (exact) mass is 207 g/mol. The maximum absolute atomic E-state index is 5.51. The van der Waals surface area contributed by atoms with Crippen molar-refractivity contribution < 1.29 is 0 Å². The fourth-order valence-corrected chi connectivity index (χ4v) is 1.17. The summed E-state index contributed by atoms with van der Waals surface area (Å²) in [4.78, 5) is 11.3. The number of thiol groups is 1. The van der Waals surface area contributed by atoms with Crippen molar-refractivity contribution in [2.24, 2.45) is 0 Å². The first-order valence-electron chi connectivity index (χ1n) is 2.89. The number of hydrogen-bond donors (Lipinski definition) is 1. The molecule has 0 fully saturated rings. The molecule has 1 heterocycles. The molecular formula is C4H4BCl2N3S. The normalized spacial score (nSPS) is 9.73. The predicted molar refractivity (Wildman–Crippen MR) is 50.5 cm³/mol. The van der Waals surface area contributed by atoms with Gasteiger partial charge in [-0.15, -0.1) is 0 Å². The Morgan fingerprint density at radius 3 is 2.18 bits per heavy atom. The Morgan fingerprint density at radius 1 is 1.18 bits per heavy atom. The van der Waals surface area contributed by atoms with Crippen LogP contribution in [0.3, 0.4) is 0 Å². The van der Waals surface area contributed by atoms with Crippen molar-refractivity contribution in [1.29, 1.82) is 0 Å². The minimum absolute atomic E-state index is 0.127. The minimum atomic E-state index is 0.127. The maximum atomic E-state index is 5.51. The summed E-state index contributed by atoms with van der Waals surface area (Å²) < 4.78 is 0. The Balaban J connectivity index is 2.89. The Labute approximate surface area is 80.2 Å². The first-order chi connectivity index (χ1) is 5.22. The third kappa shape index (κ3) is 2.85. The fourth-order valence-electron chi connectivity index (χ4n) is 0.576. The molecular weight excluding hydrogens is 204 g/mol. The first kappa shape index (κ1) is 9.10. The first-order valence-corrected chi connectivity index (χ1v) is 4.28. The Hall–Kier alpha value is 0.00494. The molecule has 0 saturated heterocycles. The van der Waals surface area contributed by atoms with Gasteiger partial charge in [-0.05, 0) is 28.9 Å². The van der Waals surface area contributed by atoms with Gasteiger partial charge in [-0.3, -0.25) is 0 Å². The van der Waals surface area contributed by atoms with Crippen molar-refractivity contribution in [1.82, 2.24) is 15.0 Å². The standard InChI is InChI=1S/C4H4BCl2N3S/c6-3-8-2(5-1-11)9-4(7)10-3/h5,11H,1H2. The van der Waals surface area contributed by atoms with Gasteiger partial charge in [0.1, 0.15) is 0 Å². The van der Waals surface area contributed by atoms with E-state index >= 15 is 0 Å². The van der Waals surface area contributed by atoms with Crippen LogP contribution in [0.5, 0.6) is 0 Å². The molecule has 1 aromatic heterocycles. The van der Waals surface area contributed by atoms with E-state index in [2.05, 4.69) is 27.6 Å². The lowest BCUT2D eigenvalue weighted by atomic mass is 9.81. The zero-order valence-corrected chi connectivity index (χ0v) is 7.87. The van der Waals surface area contributed by atoms with Crippen molar-refractivity contribution in [3.8, 4) is 0 Å². The van der Waals surface area contributed by atoms with E-state index in [1.165, 1.54) is 0 Å². The molecule has 0 aromatic carbocycles. The average molecular weight is 208 g/mol. The highest BCUT2D eigenvalue weighted by Gasteiger charge is 2.02. The molecule has 0 amide bonds. The molecule has 58 valence electrons. The highest BCUT2D eigenvalue weighted by atomic mass is 35.5. The third-order valence-corrected chi connectivity index (χ3v) is 1.52. The Kier molecular flexibility index (Phi) is 3.42. The molecule has 0 aliphatic carbocycles. The number of hydrogen-bond acceptors (Lipinski definition) is 4. The lowest BCUT2D eigenvalue weighted by Gasteiger charge is -1.95. The van der Waals surface area contributed by atoms with Crippen LogP contribution in [0, 0.1) is 0 Å². The van der Waals surface area contributed by atoms with Crippen LogP contribution in [0.25, 0.3) is 0 Å². The molecule has 1 aromatic rings. The number of aromatic nitrogens is 3. The summed E-state index contributed by atoms with van der Waals surface area (Å²) in [6.45, 7) is 0. The van der Waals surface area contributed by atoms with Crippen LogP contribution in [0.4, 0.5) is 0 Å². The lowest BCUT2D eigenvalue weighted by molar-refractivity contribution is 1.09. The van der Waals surface area contributed by atoms with Crippen LogP contribution < -0.4 is 5.72 Å². The van der Waals surface area contributed by atoms with E-state index in [0.717, 1.165) is 0 Å². The van der Waals surface area contributed by atoms with Gasteiger partial charge in [-0.1, -0.05) is 0 Å². The molecule has 7 heteroatoms. The molecule has 0 unspecified atom stereocenters. The van der Waals surface area contributed by atoms with E-state index in [9.17, 15) is 0 Å². The minimum Gasteiger partial charge on any atom is -0.214 e. The molecule has 0 atom stereocenters. The van der Waals surface area contributed by atoms with Gasteiger partial charge in [0, 0.05) is 0 Å². The summed E-state index contributed by atoms with van der Waals surface area (Å²) in [5.74, 6) is 0. The predicted octanol–water partition coefficient (Wildman–Crippen LogP) is 0.127. The number of nitrogens with zero attached hydrogens (tertiary/aromatic N) is 3. The molecule has 0 aliphatic rings. The van der Waals surface area contributed by atoms with Gasteiger partial charge >= 0.3 is 0 Å². The molecule has 0 saturated carbocycles. The van der Waals surface area contributed by atoms with Gasteiger partial charge < -0.3 is 0 Å². The second-order valence-corrected chi connectivity index (χ2v) is 2.89. The topological polar surface area (TPSA) is 38.7 Å². The molecule has 0 N–H and O–H groups in total. The third-order valence-electron chi connectivity index (χ3n) is 0.963. The molecule has 11 heavy (non-hydrogen) atoms. The second kappa shape index (κ2) is 4.14. The number of rotatable bonds is 2. The zero-order chi connectivity index (χ0) is 8.27. The summed E-state index contributed by atoms with van der Waals surface area (Å²) in [6, 6.07) is 0. The lowest BCUT2D eigenvalue weighted by Crippen LogP contribution is -2.24. The zero-order valence-electron chi connectivity index (χ0n) is 5.46. The second-order valence-electron chi connectivity index (χ2n) is 1.76. The van der Waals surface area contributed by atoms with Crippen molar-refractivity contribution >= 4 is 48.8 Å². The molecule has 0 radical (unpaired) electrons. The largest absolute Gasteiger partial charge is 0.226 e. The molecule has 1 rings (SSSR count). The van der Waals surface area contributed by atoms with Crippen LogP contribution in [-0.2, 0) is 0 Å². The number of halogens is 2. The summed E-state index contributed by atoms with van der Waals surface area (Å²) in [7, 11) is 0.644. The van der Waals surface area contributed by atoms with Crippen LogP contribution in [-0.4, -0.2) is 27.9 Å². The van der Waals surface area contributed by atoms with Gasteiger partial charge in [0.25, 0.3) is 0 Å². The van der Waals surface area contributed by atoms with Crippen LogP contribution in [0.15, 0.2) is 0 Å². The molecule has 0 bridgehead atoms. The van der Waals surface area contributed by atoms with E-state index in [0.29, 0.717) is 18.7 Å². The van der Waals surface area contributed by atoms with Crippen LogP contribution >= 0.6 is 35.8 Å². The quantitative estimate of drug-likeness (QED) is 0.554. The van der Waals surface area contributed by atoms with Crippen molar-refractivity contribution in [2.45, 2.75) is 0 Å². The smallest absolute Gasteiger partial charge is 0.214 e. The fraction of sp³-hybridized carbons (Fsp3) is 0.250. The van der Waals surface area contributed by atoms with Crippen molar-refractivity contribution in [3.05, 3.63) is 10.6 Å². The average Bonchev–Trinajstić information content (AvgIpc) is 1.85. The highest BCUT2D eigenvalue weighted by molar-refractivity contribution is 7.81. The van der Waals surface area contributed by atoms with E-state index < -0.39 is 0 Å².